The van der Waals surface area contributed by atoms with Crippen LogP contribution in [0.25, 0.3) is 0 Å². The fraction of sp³-hybridized carbons (Fsp3) is 0.923. The quantitative estimate of drug-likeness (QED) is 0.798. The SMILES string of the molecule is CC(C)(C)CC(Cl)CNC(=O)C1(C)CCCS1. The topological polar surface area (TPSA) is 29.1 Å². The van der Waals surface area contributed by atoms with Gasteiger partial charge in [0.2, 0.25) is 5.91 Å². The molecule has 2 atom stereocenters. The van der Waals surface area contributed by atoms with Crippen LogP contribution in [-0.2, 0) is 4.79 Å². The third-order valence-electron chi connectivity index (χ3n) is 3.02. The Hall–Kier alpha value is 0.110. The second-order valence-corrected chi connectivity index (χ2v) is 8.47. The number of thioether (sulfide) groups is 1. The van der Waals surface area contributed by atoms with Crippen LogP contribution in [0.15, 0.2) is 0 Å². The highest BCUT2D eigenvalue weighted by Crippen LogP contribution is 2.37. The van der Waals surface area contributed by atoms with E-state index in [0.717, 1.165) is 25.0 Å². The molecule has 4 heteroatoms. The summed E-state index contributed by atoms with van der Waals surface area (Å²) in [5.41, 5.74) is 0.211. The zero-order chi connectivity index (χ0) is 13.1. The van der Waals surface area contributed by atoms with E-state index in [0.29, 0.717) is 6.54 Å². The Kier molecular flexibility index (Phi) is 5.21. The van der Waals surface area contributed by atoms with E-state index in [1.54, 1.807) is 11.8 Å². The Morgan fingerprint density at radius 1 is 1.53 bits per heavy atom. The Balaban J connectivity index is 2.33. The molecule has 1 fully saturated rings. The van der Waals surface area contributed by atoms with Crippen molar-refractivity contribution in [3.8, 4) is 0 Å². The summed E-state index contributed by atoms with van der Waals surface area (Å²) in [6, 6.07) is 0. The van der Waals surface area contributed by atoms with Crippen LogP contribution in [0.3, 0.4) is 0 Å². The summed E-state index contributed by atoms with van der Waals surface area (Å²) in [6.45, 7) is 9.11. The van der Waals surface area contributed by atoms with Crippen molar-refractivity contribution in [2.45, 2.75) is 57.1 Å². The maximum Gasteiger partial charge on any atom is 0.235 e. The molecule has 0 aromatic heterocycles. The normalized spacial score (nSPS) is 26.9. The number of amides is 1. The van der Waals surface area contributed by atoms with Crippen molar-refractivity contribution in [1.82, 2.24) is 5.32 Å². The number of rotatable bonds is 4. The summed E-state index contributed by atoms with van der Waals surface area (Å²) in [4.78, 5) is 12.0. The average Bonchev–Trinajstić information content (AvgIpc) is 2.60. The maximum atomic E-state index is 12.0. The number of hydrogen-bond acceptors (Lipinski definition) is 2. The molecule has 0 radical (unpaired) electrons. The van der Waals surface area contributed by atoms with Crippen molar-refractivity contribution < 1.29 is 4.79 Å². The van der Waals surface area contributed by atoms with Crippen molar-refractivity contribution in [2.75, 3.05) is 12.3 Å². The molecule has 0 aromatic rings. The fourth-order valence-corrected chi connectivity index (χ4v) is 3.86. The standard InChI is InChI=1S/C13H24ClNOS/c1-12(2,3)8-10(14)9-15-11(16)13(4)6-5-7-17-13/h10H,5-9H2,1-4H3,(H,15,16). The second kappa shape index (κ2) is 5.83. The van der Waals surface area contributed by atoms with Crippen LogP contribution in [0.4, 0.5) is 0 Å². The van der Waals surface area contributed by atoms with Gasteiger partial charge >= 0.3 is 0 Å². The summed E-state index contributed by atoms with van der Waals surface area (Å²) in [5, 5.41) is 3.02. The molecule has 1 aliphatic rings. The van der Waals surface area contributed by atoms with Crippen LogP contribution in [0.2, 0.25) is 0 Å². The van der Waals surface area contributed by atoms with Gasteiger partial charge in [0.1, 0.15) is 0 Å². The van der Waals surface area contributed by atoms with Gasteiger partial charge in [-0.25, -0.2) is 0 Å². The molecule has 0 spiro atoms. The van der Waals surface area contributed by atoms with Crippen LogP contribution < -0.4 is 5.32 Å². The average molecular weight is 278 g/mol. The lowest BCUT2D eigenvalue weighted by Crippen LogP contribution is -2.43. The van der Waals surface area contributed by atoms with Gasteiger partial charge in [0.15, 0.2) is 0 Å². The van der Waals surface area contributed by atoms with E-state index in [-0.39, 0.29) is 21.4 Å². The first kappa shape index (κ1) is 15.2. The first-order chi connectivity index (χ1) is 7.73. The van der Waals surface area contributed by atoms with Crippen molar-refractivity contribution in [1.29, 1.82) is 0 Å². The predicted octanol–water partition coefficient (Wildman–Crippen LogP) is 3.43. The molecule has 2 nitrogen and oxygen atoms in total. The lowest BCUT2D eigenvalue weighted by Gasteiger charge is -2.25. The highest BCUT2D eigenvalue weighted by atomic mass is 35.5. The largest absolute Gasteiger partial charge is 0.353 e. The maximum absolute atomic E-state index is 12.0. The molecule has 0 bridgehead atoms. The zero-order valence-electron chi connectivity index (χ0n) is 11.3. The van der Waals surface area contributed by atoms with Crippen LogP contribution >= 0.6 is 23.4 Å². The van der Waals surface area contributed by atoms with Gasteiger partial charge in [0, 0.05) is 6.54 Å². The summed E-state index contributed by atoms with van der Waals surface area (Å²) in [6.07, 6.45) is 3.04. The summed E-state index contributed by atoms with van der Waals surface area (Å²) in [7, 11) is 0. The molecular weight excluding hydrogens is 254 g/mol. The van der Waals surface area contributed by atoms with E-state index in [1.807, 2.05) is 6.92 Å². The summed E-state index contributed by atoms with van der Waals surface area (Å²) < 4.78 is -0.224. The van der Waals surface area contributed by atoms with Crippen LogP contribution in [0, 0.1) is 5.41 Å². The van der Waals surface area contributed by atoms with Crippen molar-refractivity contribution in [3.63, 3.8) is 0 Å². The highest BCUT2D eigenvalue weighted by molar-refractivity contribution is 8.01. The van der Waals surface area contributed by atoms with Gasteiger partial charge in [-0.1, -0.05) is 20.8 Å². The zero-order valence-corrected chi connectivity index (χ0v) is 12.9. The minimum Gasteiger partial charge on any atom is -0.353 e. The molecule has 0 aliphatic carbocycles. The molecule has 0 aromatic carbocycles. The molecule has 1 rings (SSSR count). The van der Waals surface area contributed by atoms with E-state index in [9.17, 15) is 4.79 Å². The van der Waals surface area contributed by atoms with E-state index in [1.165, 1.54) is 0 Å². The molecule has 100 valence electrons. The third kappa shape index (κ3) is 5.09. The molecule has 1 saturated heterocycles. The van der Waals surface area contributed by atoms with Crippen LogP contribution in [0.1, 0.15) is 47.0 Å². The van der Waals surface area contributed by atoms with E-state index in [2.05, 4.69) is 26.1 Å². The Morgan fingerprint density at radius 3 is 2.65 bits per heavy atom. The molecule has 0 saturated carbocycles. The molecule has 17 heavy (non-hydrogen) atoms. The minimum atomic E-state index is -0.224. The van der Waals surface area contributed by atoms with E-state index < -0.39 is 0 Å². The number of carbonyl (C=O) groups excluding carboxylic acids is 1. The minimum absolute atomic E-state index is 0.0222. The Bertz CT molecular complexity index is 269. The summed E-state index contributed by atoms with van der Waals surface area (Å²) >= 11 is 8.00. The highest BCUT2D eigenvalue weighted by Gasteiger charge is 2.37. The van der Waals surface area contributed by atoms with Gasteiger partial charge < -0.3 is 5.32 Å². The van der Waals surface area contributed by atoms with Gasteiger partial charge in [-0.3, -0.25) is 4.79 Å². The Labute approximate surface area is 114 Å². The number of carbonyl (C=O) groups is 1. The monoisotopic (exact) mass is 277 g/mol. The number of hydrogen-bond donors (Lipinski definition) is 1. The molecule has 1 aliphatic heterocycles. The van der Waals surface area contributed by atoms with Gasteiger partial charge in [0.05, 0.1) is 10.1 Å². The first-order valence-corrected chi connectivity index (χ1v) is 7.71. The van der Waals surface area contributed by atoms with E-state index >= 15 is 0 Å². The predicted molar refractivity (Wildman–Crippen MR) is 76.8 cm³/mol. The fourth-order valence-electron chi connectivity index (χ4n) is 2.09. The molecule has 1 heterocycles. The number of nitrogens with one attached hydrogen (secondary N) is 1. The van der Waals surface area contributed by atoms with Gasteiger partial charge in [-0.05, 0) is 37.4 Å². The number of halogens is 1. The van der Waals surface area contributed by atoms with Crippen molar-refractivity contribution >= 4 is 29.3 Å². The van der Waals surface area contributed by atoms with Crippen LogP contribution in [0.5, 0.6) is 0 Å². The number of alkyl halides is 1. The first-order valence-electron chi connectivity index (χ1n) is 6.29. The molecule has 1 amide bonds. The smallest absolute Gasteiger partial charge is 0.235 e. The van der Waals surface area contributed by atoms with Gasteiger partial charge in [0.25, 0.3) is 0 Å². The van der Waals surface area contributed by atoms with Crippen molar-refractivity contribution in [3.05, 3.63) is 0 Å². The van der Waals surface area contributed by atoms with Crippen molar-refractivity contribution in [2.24, 2.45) is 5.41 Å². The summed E-state index contributed by atoms with van der Waals surface area (Å²) in [5.74, 6) is 1.25. The van der Waals surface area contributed by atoms with E-state index in [4.69, 9.17) is 11.6 Å². The Morgan fingerprint density at radius 2 is 2.18 bits per heavy atom. The van der Waals surface area contributed by atoms with Gasteiger partial charge in [-0.15, -0.1) is 23.4 Å². The van der Waals surface area contributed by atoms with Gasteiger partial charge in [-0.2, -0.15) is 0 Å². The van der Waals surface area contributed by atoms with Crippen LogP contribution in [-0.4, -0.2) is 28.3 Å². The molecule has 2 unspecified atom stereocenters. The molecule has 1 N–H and O–H groups in total. The lowest BCUT2D eigenvalue weighted by atomic mass is 9.90. The third-order valence-corrected chi connectivity index (χ3v) is 4.85. The lowest BCUT2D eigenvalue weighted by molar-refractivity contribution is -0.123. The molecular formula is C13H24ClNOS. The second-order valence-electron chi connectivity index (χ2n) is 6.25.